The van der Waals surface area contributed by atoms with Gasteiger partial charge in [-0.1, -0.05) is 17.7 Å². The molecule has 0 amide bonds. The lowest BCUT2D eigenvalue weighted by Crippen LogP contribution is -2.05. The van der Waals surface area contributed by atoms with Crippen molar-refractivity contribution < 1.29 is 18.3 Å². The molecule has 2 aromatic carbocycles. The fourth-order valence-electron chi connectivity index (χ4n) is 1.76. The first-order valence-electron chi connectivity index (χ1n) is 5.48. The Labute approximate surface area is 113 Å². The monoisotopic (exact) mass is 286 g/mol. The van der Waals surface area contributed by atoms with Crippen molar-refractivity contribution in [2.24, 2.45) is 0 Å². The maximum Gasteiger partial charge on any atom is 0.129 e. The Kier molecular flexibility index (Phi) is 3.83. The van der Waals surface area contributed by atoms with Crippen molar-refractivity contribution in [3.05, 3.63) is 69.5 Å². The highest BCUT2D eigenvalue weighted by Gasteiger charge is 2.19. The van der Waals surface area contributed by atoms with E-state index in [9.17, 15) is 18.3 Å². The van der Waals surface area contributed by atoms with Crippen LogP contribution in [0, 0.1) is 24.4 Å². The SMILES string of the molecule is Cc1cc(F)c(C(O)c2ccc(F)cc2Cl)cc1F. The highest BCUT2D eigenvalue weighted by Crippen LogP contribution is 2.31. The zero-order valence-electron chi connectivity index (χ0n) is 9.92. The fourth-order valence-corrected chi connectivity index (χ4v) is 2.03. The van der Waals surface area contributed by atoms with Crippen LogP contribution in [-0.4, -0.2) is 5.11 Å². The van der Waals surface area contributed by atoms with Crippen LogP contribution in [0.5, 0.6) is 0 Å². The number of aryl methyl sites for hydroxylation is 1. The third-order valence-electron chi connectivity index (χ3n) is 2.83. The lowest BCUT2D eigenvalue weighted by molar-refractivity contribution is 0.214. The molecule has 100 valence electrons. The zero-order chi connectivity index (χ0) is 14.2. The second kappa shape index (κ2) is 5.23. The summed E-state index contributed by atoms with van der Waals surface area (Å²) in [6.07, 6.45) is -1.46. The number of hydrogen-bond donors (Lipinski definition) is 1. The van der Waals surface area contributed by atoms with Crippen LogP contribution in [0.2, 0.25) is 5.02 Å². The predicted octanol–water partition coefficient (Wildman–Crippen LogP) is 4.15. The minimum atomic E-state index is -1.46. The van der Waals surface area contributed by atoms with Gasteiger partial charge < -0.3 is 5.11 Å². The molecule has 2 aromatic rings. The molecule has 1 atom stereocenters. The molecule has 0 spiro atoms. The molecule has 0 saturated heterocycles. The van der Waals surface area contributed by atoms with E-state index >= 15 is 0 Å². The van der Waals surface area contributed by atoms with E-state index in [0.29, 0.717) is 0 Å². The van der Waals surface area contributed by atoms with E-state index in [1.807, 2.05) is 0 Å². The Morgan fingerprint density at radius 1 is 1.00 bits per heavy atom. The largest absolute Gasteiger partial charge is 0.383 e. The predicted molar refractivity (Wildman–Crippen MR) is 66.6 cm³/mol. The van der Waals surface area contributed by atoms with Crippen LogP contribution in [0.1, 0.15) is 22.8 Å². The summed E-state index contributed by atoms with van der Waals surface area (Å²) in [5, 5.41) is 10.00. The van der Waals surface area contributed by atoms with Crippen LogP contribution in [0.4, 0.5) is 13.2 Å². The average Bonchev–Trinajstić information content (AvgIpc) is 2.33. The van der Waals surface area contributed by atoms with E-state index in [-0.39, 0.29) is 21.7 Å². The van der Waals surface area contributed by atoms with Gasteiger partial charge >= 0.3 is 0 Å². The van der Waals surface area contributed by atoms with Gasteiger partial charge in [0.25, 0.3) is 0 Å². The van der Waals surface area contributed by atoms with Crippen LogP contribution in [0.3, 0.4) is 0 Å². The number of halogens is 4. The second-order valence-corrected chi connectivity index (χ2v) is 4.60. The van der Waals surface area contributed by atoms with Crippen molar-refractivity contribution in [1.29, 1.82) is 0 Å². The first kappa shape index (κ1) is 13.9. The van der Waals surface area contributed by atoms with Crippen molar-refractivity contribution in [2.75, 3.05) is 0 Å². The maximum absolute atomic E-state index is 13.7. The van der Waals surface area contributed by atoms with Crippen molar-refractivity contribution in [3.63, 3.8) is 0 Å². The molecule has 0 bridgehead atoms. The fraction of sp³-hybridized carbons (Fsp3) is 0.143. The minimum absolute atomic E-state index is 0.0483. The summed E-state index contributed by atoms with van der Waals surface area (Å²) in [5.41, 5.74) is 0.0143. The molecule has 0 aliphatic heterocycles. The Morgan fingerprint density at radius 3 is 2.32 bits per heavy atom. The summed E-state index contributed by atoms with van der Waals surface area (Å²) in [5.74, 6) is -1.95. The summed E-state index contributed by atoms with van der Waals surface area (Å²) in [6.45, 7) is 1.42. The number of benzene rings is 2. The minimum Gasteiger partial charge on any atom is -0.383 e. The summed E-state index contributed by atoms with van der Waals surface area (Å²) < 4.78 is 40.1. The molecule has 1 N–H and O–H groups in total. The van der Waals surface area contributed by atoms with Gasteiger partial charge in [0.2, 0.25) is 0 Å². The van der Waals surface area contributed by atoms with E-state index < -0.39 is 23.6 Å². The van der Waals surface area contributed by atoms with Gasteiger partial charge in [0, 0.05) is 16.1 Å². The topological polar surface area (TPSA) is 20.2 Å². The Balaban J connectivity index is 2.49. The molecule has 0 aliphatic carbocycles. The smallest absolute Gasteiger partial charge is 0.129 e. The second-order valence-electron chi connectivity index (χ2n) is 4.19. The molecule has 0 heterocycles. The number of aliphatic hydroxyl groups is 1. The molecule has 0 saturated carbocycles. The normalized spacial score (nSPS) is 12.5. The number of hydrogen-bond acceptors (Lipinski definition) is 1. The Bertz CT molecular complexity index is 628. The van der Waals surface area contributed by atoms with E-state index in [2.05, 4.69) is 0 Å². The van der Waals surface area contributed by atoms with Gasteiger partial charge in [0.1, 0.15) is 23.6 Å². The molecule has 19 heavy (non-hydrogen) atoms. The van der Waals surface area contributed by atoms with Crippen LogP contribution < -0.4 is 0 Å². The molecule has 0 aliphatic rings. The van der Waals surface area contributed by atoms with Crippen LogP contribution in [-0.2, 0) is 0 Å². The molecule has 5 heteroatoms. The van der Waals surface area contributed by atoms with Gasteiger partial charge in [0.05, 0.1) is 0 Å². The molecule has 0 fully saturated rings. The molecule has 1 unspecified atom stereocenters. The van der Waals surface area contributed by atoms with E-state index in [1.54, 1.807) is 0 Å². The third kappa shape index (κ3) is 2.74. The molecule has 0 radical (unpaired) electrons. The van der Waals surface area contributed by atoms with E-state index in [1.165, 1.54) is 13.0 Å². The van der Waals surface area contributed by atoms with Gasteiger partial charge in [0.15, 0.2) is 0 Å². The lowest BCUT2D eigenvalue weighted by Gasteiger charge is -2.15. The molecular weight excluding hydrogens is 277 g/mol. The van der Waals surface area contributed by atoms with Gasteiger partial charge in [-0.15, -0.1) is 0 Å². The Hall–Kier alpha value is -1.52. The van der Waals surface area contributed by atoms with Crippen molar-refractivity contribution >= 4 is 11.6 Å². The van der Waals surface area contributed by atoms with Crippen LogP contribution in [0.25, 0.3) is 0 Å². The van der Waals surface area contributed by atoms with Gasteiger partial charge in [-0.3, -0.25) is 0 Å². The third-order valence-corrected chi connectivity index (χ3v) is 3.16. The lowest BCUT2D eigenvalue weighted by atomic mass is 9.99. The molecular formula is C14H10ClF3O. The molecule has 1 nitrogen and oxygen atoms in total. The summed E-state index contributed by atoms with van der Waals surface area (Å²) in [4.78, 5) is 0. The van der Waals surface area contributed by atoms with Gasteiger partial charge in [-0.05, 0) is 36.8 Å². The summed E-state index contributed by atoms with van der Waals surface area (Å²) in [7, 11) is 0. The summed E-state index contributed by atoms with van der Waals surface area (Å²) in [6, 6.07) is 5.23. The van der Waals surface area contributed by atoms with Crippen molar-refractivity contribution in [3.8, 4) is 0 Å². The maximum atomic E-state index is 13.7. The number of rotatable bonds is 2. The standard InChI is InChI=1S/C14H10ClF3O/c1-7-4-13(18)10(6-12(7)17)14(19)9-3-2-8(16)5-11(9)15/h2-6,14,19H,1H3. The highest BCUT2D eigenvalue weighted by atomic mass is 35.5. The van der Waals surface area contributed by atoms with Crippen molar-refractivity contribution in [2.45, 2.75) is 13.0 Å². The first-order valence-corrected chi connectivity index (χ1v) is 5.86. The molecule has 0 aromatic heterocycles. The van der Waals surface area contributed by atoms with Crippen molar-refractivity contribution in [1.82, 2.24) is 0 Å². The zero-order valence-corrected chi connectivity index (χ0v) is 10.7. The van der Waals surface area contributed by atoms with E-state index in [4.69, 9.17) is 11.6 Å². The highest BCUT2D eigenvalue weighted by molar-refractivity contribution is 6.31. The van der Waals surface area contributed by atoms with Crippen LogP contribution in [0.15, 0.2) is 30.3 Å². The quantitative estimate of drug-likeness (QED) is 0.879. The van der Waals surface area contributed by atoms with Crippen LogP contribution >= 0.6 is 11.6 Å². The summed E-state index contributed by atoms with van der Waals surface area (Å²) >= 11 is 5.78. The first-order chi connectivity index (χ1) is 8.90. The Morgan fingerprint density at radius 2 is 1.68 bits per heavy atom. The van der Waals surface area contributed by atoms with Gasteiger partial charge in [-0.25, -0.2) is 13.2 Å². The average molecular weight is 287 g/mol. The molecule has 2 rings (SSSR count). The van der Waals surface area contributed by atoms with E-state index in [0.717, 1.165) is 24.3 Å². The van der Waals surface area contributed by atoms with Gasteiger partial charge in [-0.2, -0.15) is 0 Å². The number of aliphatic hydroxyl groups excluding tert-OH is 1.